The Morgan fingerprint density at radius 1 is 1.29 bits per heavy atom. The molecule has 1 heterocycles. The minimum atomic E-state index is -0.227. The van der Waals surface area contributed by atoms with Crippen molar-refractivity contribution in [3.8, 4) is 0 Å². The number of H-pyrrole nitrogens is 1. The minimum Gasteiger partial charge on any atom is -0.356 e. The molecule has 0 bridgehead atoms. The fourth-order valence-corrected chi connectivity index (χ4v) is 2.14. The molecule has 112 valence electrons. The number of carbonyl (C=O) groups excluding carboxylic acids is 1. The fraction of sp³-hybridized carbons (Fsp3) is 0.375. The Hall–Kier alpha value is -2.17. The molecule has 0 aliphatic rings. The summed E-state index contributed by atoms with van der Waals surface area (Å²) in [4.78, 5) is 11.8. The van der Waals surface area contributed by atoms with Gasteiger partial charge in [0.25, 0.3) is 0 Å². The van der Waals surface area contributed by atoms with Crippen molar-refractivity contribution in [3.05, 3.63) is 52.6 Å². The summed E-state index contributed by atoms with van der Waals surface area (Å²) >= 11 is 0. The predicted molar refractivity (Wildman–Crippen MR) is 79.5 cm³/mol. The molecular formula is C16H20FN3O. The molecule has 5 heteroatoms. The summed E-state index contributed by atoms with van der Waals surface area (Å²) in [5.41, 5.74) is 3.69. The molecule has 0 radical (unpaired) electrons. The normalized spacial score (nSPS) is 10.6. The maximum absolute atomic E-state index is 13.4. The second-order valence-electron chi connectivity index (χ2n) is 5.11. The molecule has 0 saturated carbocycles. The lowest BCUT2D eigenvalue weighted by Gasteiger charge is -2.06. The number of aromatic nitrogens is 2. The highest BCUT2D eigenvalue weighted by Crippen LogP contribution is 2.10. The standard InChI is InChI=1S/C16H20FN3O/c1-11-12(2)19-20-15(11)7-8-16(21)18-10-9-13-5-3-4-6-14(13)17/h3-6H,7-10H2,1-2H3,(H,18,21)(H,19,20). The Balaban J connectivity index is 1.73. The first kappa shape index (κ1) is 15.2. The summed E-state index contributed by atoms with van der Waals surface area (Å²) < 4.78 is 13.4. The second-order valence-corrected chi connectivity index (χ2v) is 5.11. The number of hydrogen-bond acceptors (Lipinski definition) is 2. The van der Waals surface area contributed by atoms with E-state index in [2.05, 4.69) is 15.5 Å². The molecule has 2 aromatic rings. The smallest absolute Gasteiger partial charge is 0.220 e. The van der Waals surface area contributed by atoms with Gasteiger partial charge in [0, 0.05) is 25.1 Å². The number of hydrogen-bond donors (Lipinski definition) is 2. The maximum atomic E-state index is 13.4. The first-order chi connectivity index (χ1) is 10.1. The number of benzene rings is 1. The molecule has 21 heavy (non-hydrogen) atoms. The molecule has 2 N–H and O–H groups in total. The van der Waals surface area contributed by atoms with Crippen LogP contribution in [0.5, 0.6) is 0 Å². The highest BCUT2D eigenvalue weighted by Gasteiger charge is 2.08. The van der Waals surface area contributed by atoms with Crippen LogP contribution in [-0.2, 0) is 17.6 Å². The summed E-state index contributed by atoms with van der Waals surface area (Å²) in [6, 6.07) is 6.62. The van der Waals surface area contributed by atoms with Crippen LogP contribution in [0.25, 0.3) is 0 Å². The molecule has 0 spiro atoms. The number of nitrogens with zero attached hydrogens (tertiary/aromatic N) is 1. The van der Waals surface area contributed by atoms with Gasteiger partial charge in [-0.25, -0.2) is 4.39 Å². The molecule has 0 unspecified atom stereocenters. The number of rotatable bonds is 6. The van der Waals surface area contributed by atoms with E-state index in [1.54, 1.807) is 18.2 Å². The van der Waals surface area contributed by atoms with Crippen LogP contribution >= 0.6 is 0 Å². The summed E-state index contributed by atoms with van der Waals surface area (Å²) in [5.74, 6) is -0.263. The molecule has 0 aliphatic heterocycles. The number of nitrogens with one attached hydrogen (secondary N) is 2. The largest absolute Gasteiger partial charge is 0.356 e. The monoisotopic (exact) mass is 289 g/mol. The SMILES string of the molecule is Cc1[nH]nc(CCC(=O)NCCc2ccccc2F)c1C. The van der Waals surface area contributed by atoms with Crippen molar-refractivity contribution in [1.82, 2.24) is 15.5 Å². The maximum Gasteiger partial charge on any atom is 0.220 e. The van der Waals surface area contributed by atoms with Gasteiger partial charge in [0.1, 0.15) is 5.82 Å². The van der Waals surface area contributed by atoms with E-state index < -0.39 is 0 Å². The highest BCUT2D eigenvalue weighted by atomic mass is 19.1. The second kappa shape index (κ2) is 7.02. The average Bonchev–Trinajstić information content (AvgIpc) is 2.79. The van der Waals surface area contributed by atoms with Gasteiger partial charge in [0.15, 0.2) is 0 Å². The van der Waals surface area contributed by atoms with E-state index >= 15 is 0 Å². The van der Waals surface area contributed by atoms with Crippen molar-refractivity contribution in [3.63, 3.8) is 0 Å². The Morgan fingerprint density at radius 2 is 2.05 bits per heavy atom. The van der Waals surface area contributed by atoms with Gasteiger partial charge in [0.05, 0.1) is 5.69 Å². The summed E-state index contributed by atoms with van der Waals surface area (Å²) in [5, 5.41) is 9.89. The summed E-state index contributed by atoms with van der Waals surface area (Å²) in [7, 11) is 0. The third-order valence-electron chi connectivity index (χ3n) is 3.62. The predicted octanol–water partition coefficient (Wildman–Crippen LogP) is 2.46. The number of aryl methyl sites for hydroxylation is 2. The molecule has 0 saturated heterocycles. The van der Waals surface area contributed by atoms with Crippen LogP contribution in [0, 0.1) is 19.7 Å². The van der Waals surface area contributed by atoms with E-state index in [4.69, 9.17) is 0 Å². The van der Waals surface area contributed by atoms with E-state index in [1.807, 2.05) is 13.8 Å². The summed E-state index contributed by atoms with van der Waals surface area (Å²) in [6.07, 6.45) is 1.50. The zero-order valence-electron chi connectivity index (χ0n) is 12.4. The first-order valence-electron chi connectivity index (χ1n) is 7.08. The van der Waals surface area contributed by atoms with Gasteiger partial charge in [-0.2, -0.15) is 5.10 Å². The Labute approximate surface area is 123 Å². The average molecular weight is 289 g/mol. The lowest BCUT2D eigenvalue weighted by atomic mass is 10.1. The quantitative estimate of drug-likeness (QED) is 0.858. The molecule has 1 aromatic carbocycles. The summed E-state index contributed by atoms with van der Waals surface area (Å²) in [6.45, 7) is 4.39. The fourth-order valence-electron chi connectivity index (χ4n) is 2.14. The van der Waals surface area contributed by atoms with Crippen molar-refractivity contribution in [1.29, 1.82) is 0 Å². The van der Waals surface area contributed by atoms with Crippen LogP contribution in [0.3, 0.4) is 0 Å². The number of carbonyl (C=O) groups is 1. The van der Waals surface area contributed by atoms with E-state index in [0.29, 0.717) is 31.4 Å². The van der Waals surface area contributed by atoms with Crippen LogP contribution < -0.4 is 5.32 Å². The Kier molecular flexibility index (Phi) is 5.09. The minimum absolute atomic E-state index is 0.0357. The van der Waals surface area contributed by atoms with Crippen molar-refractivity contribution < 1.29 is 9.18 Å². The van der Waals surface area contributed by atoms with Gasteiger partial charge in [-0.1, -0.05) is 18.2 Å². The van der Waals surface area contributed by atoms with Crippen molar-refractivity contribution in [2.45, 2.75) is 33.1 Å². The molecular weight excluding hydrogens is 269 g/mol. The van der Waals surface area contributed by atoms with Crippen molar-refractivity contribution >= 4 is 5.91 Å². The van der Waals surface area contributed by atoms with E-state index in [0.717, 1.165) is 17.0 Å². The van der Waals surface area contributed by atoms with Crippen LogP contribution in [0.1, 0.15) is 28.9 Å². The lowest BCUT2D eigenvalue weighted by Crippen LogP contribution is -2.26. The van der Waals surface area contributed by atoms with E-state index in [-0.39, 0.29) is 11.7 Å². The molecule has 0 atom stereocenters. The molecule has 0 fully saturated rings. The zero-order chi connectivity index (χ0) is 15.2. The van der Waals surface area contributed by atoms with Gasteiger partial charge >= 0.3 is 0 Å². The Bertz CT molecular complexity index is 622. The highest BCUT2D eigenvalue weighted by molar-refractivity contribution is 5.76. The van der Waals surface area contributed by atoms with Crippen LogP contribution in [0.4, 0.5) is 4.39 Å². The third-order valence-corrected chi connectivity index (χ3v) is 3.62. The van der Waals surface area contributed by atoms with Crippen LogP contribution in [0.15, 0.2) is 24.3 Å². The molecule has 1 aromatic heterocycles. The number of halogens is 1. The van der Waals surface area contributed by atoms with Crippen LogP contribution in [0.2, 0.25) is 0 Å². The first-order valence-corrected chi connectivity index (χ1v) is 7.08. The van der Waals surface area contributed by atoms with Gasteiger partial charge in [0.2, 0.25) is 5.91 Å². The van der Waals surface area contributed by atoms with Crippen LogP contribution in [-0.4, -0.2) is 22.6 Å². The van der Waals surface area contributed by atoms with Gasteiger partial charge in [-0.15, -0.1) is 0 Å². The number of amides is 1. The molecule has 0 aliphatic carbocycles. The number of aromatic amines is 1. The van der Waals surface area contributed by atoms with Crippen molar-refractivity contribution in [2.75, 3.05) is 6.54 Å². The van der Waals surface area contributed by atoms with Gasteiger partial charge in [-0.3, -0.25) is 9.89 Å². The van der Waals surface area contributed by atoms with Gasteiger partial charge < -0.3 is 5.32 Å². The Morgan fingerprint density at radius 3 is 2.71 bits per heavy atom. The van der Waals surface area contributed by atoms with Crippen molar-refractivity contribution in [2.24, 2.45) is 0 Å². The molecule has 4 nitrogen and oxygen atoms in total. The third kappa shape index (κ3) is 4.15. The van der Waals surface area contributed by atoms with E-state index in [1.165, 1.54) is 6.07 Å². The zero-order valence-corrected chi connectivity index (χ0v) is 12.4. The van der Waals surface area contributed by atoms with E-state index in [9.17, 15) is 9.18 Å². The topological polar surface area (TPSA) is 57.8 Å². The van der Waals surface area contributed by atoms with Gasteiger partial charge in [-0.05, 0) is 37.5 Å². The molecule has 2 rings (SSSR count). The lowest BCUT2D eigenvalue weighted by molar-refractivity contribution is -0.121. The molecule has 1 amide bonds.